The minimum absolute atomic E-state index is 0.0759. The van der Waals surface area contributed by atoms with Crippen molar-refractivity contribution in [3.8, 4) is 17.0 Å². The Hall–Kier alpha value is -3.34. The Kier molecular flexibility index (Phi) is 3.44. The molecular weight excluding hydrogens is 340 g/mol. The van der Waals surface area contributed by atoms with E-state index in [9.17, 15) is 10.0 Å². The van der Waals surface area contributed by atoms with Gasteiger partial charge in [-0.3, -0.25) is 4.79 Å². The first kappa shape index (κ1) is 15.9. The lowest BCUT2D eigenvalue weighted by Crippen LogP contribution is -2.14. The fourth-order valence-electron chi connectivity index (χ4n) is 4.05. The van der Waals surface area contributed by atoms with Crippen LogP contribution in [0.1, 0.15) is 33.7 Å². The highest BCUT2D eigenvalue weighted by molar-refractivity contribution is 6.13. The normalized spacial score (nSPS) is 13.4. The number of hydrogen-bond donors (Lipinski definition) is 1. The lowest BCUT2D eigenvalue weighted by atomic mass is 9.96. The van der Waals surface area contributed by atoms with Crippen molar-refractivity contribution in [1.29, 1.82) is 0 Å². The summed E-state index contributed by atoms with van der Waals surface area (Å²) in [6.45, 7) is 0. The number of ether oxygens (including phenoxy) is 1. The molecule has 3 aliphatic rings. The second kappa shape index (κ2) is 5.84. The van der Waals surface area contributed by atoms with Crippen LogP contribution in [0.3, 0.4) is 0 Å². The molecule has 2 aromatic carbocycles. The van der Waals surface area contributed by atoms with Crippen LogP contribution in [0.15, 0.2) is 48.5 Å². The summed E-state index contributed by atoms with van der Waals surface area (Å²) in [7, 11) is 1.64. The number of rotatable bonds is 3. The zero-order chi connectivity index (χ0) is 18.5. The number of Topliss-reactive ketones (excluding diaryl/α,β-unsaturated/α-hetero) is 1. The number of pyridine rings is 1. The molecule has 0 fully saturated rings. The van der Waals surface area contributed by atoms with Crippen molar-refractivity contribution in [3.05, 3.63) is 71.0 Å². The molecule has 0 saturated heterocycles. The van der Waals surface area contributed by atoms with Crippen molar-refractivity contribution in [2.75, 3.05) is 7.11 Å². The van der Waals surface area contributed by atoms with Gasteiger partial charge in [0.1, 0.15) is 5.75 Å². The summed E-state index contributed by atoms with van der Waals surface area (Å²) in [6.07, 6.45) is 1.49. The molecule has 0 amide bonds. The van der Waals surface area contributed by atoms with Crippen LogP contribution < -0.4 is 4.74 Å². The highest BCUT2D eigenvalue weighted by Crippen LogP contribution is 2.41. The van der Waals surface area contributed by atoms with E-state index in [2.05, 4.69) is 0 Å². The van der Waals surface area contributed by atoms with Crippen LogP contribution in [0.25, 0.3) is 22.2 Å². The zero-order valence-electron chi connectivity index (χ0n) is 14.9. The van der Waals surface area contributed by atoms with E-state index in [0.717, 1.165) is 27.8 Å². The van der Waals surface area contributed by atoms with E-state index in [1.807, 2.05) is 48.5 Å². The van der Waals surface area contributed by atoms with E-state index in [0.29, 0.717) is 41.9 Å². The Morgan fingerprint density at radius 1 is 1.07 bits per heavy atom. The quantitative estimate of drug-likeness (QED) is 0.560. The van der Waals surface area contributed by atoms with Gasteiger partial charge in [-0.05, 0) is 30.2 Å². The van der Waals surface area contributed by atoms with Gasteiger partial charge in [-0.1, -0.05) is 30.3 Å². The van der Waals surface area contributed by atoms with Gasteiger partial charge in [-0.15, -0.1) is 0 Å². The van der Waals surface area contributed by atoms with Crippen molar-refractivity contribution in [1.82, 2.24) is 9.71 Å². The lowest BCUT2D eigenvalue weighted by Gasteiger charge is -2.17. The Labute approximate surface area is 156 Å². The molecule has 0 saturated carbocycles. The fourth-order valence-corrected chi connectivity index (χ4v) is 4.05. The predicted molar refractivity (Wildman–Crippen MR) is 102 cm³/mol. The number of carbonyl (C=O) groups excluding carboxylic acids is 1. The summed E-state index contributed by atoms with van der Waals surface area (Å²) in [4.78, 5) is 17.3. The maximum absolute atomic E-state index is 12.5. The monoisotopic (exact) mass is 358 g/mol. The van der Waals surface area contributed by atoms with Gasteiger partial charge in [0.25, 0.3) is 0 Å². The standard InChI is InChI=1S/C22H18N2O3/c1-27-14-8-6-13(7-9-14)12-18-22-20(15-4-2-3-5-16(15)23-22)21-17(24(18)26)10-11-19(21)25/h2-9,26H,10-12H2,1H3. The van der Waals surface area contributed by atoms with Gasteiger partial charge in [0, 0.05) is 23.8 Å². The van der Waals surface area contributed by atoms with Gasteiger partial charge in [0.15, 0.2) is 5.78 Å². The summed E-state index contributed by atoms with van der Waals surface area (Å²) in [5.74, 6) is 0.865. The fraction of sp³-hybridized carbons (Fsp3) is 0.182. The van der Waals surface area contributed by atoms with Crippen LogP contribution in [0.5, 0.6) is 5.75 Å². The minimum atomic E-state index is 0.0759. The van der Waals surface area contributed by atoms with Gasteiger partial charge < -0.3 is 9.94 Å². The molecule has 0 bridgehead atoms. The highest BCUT2D eigenvalue weighted by Gasteiger charge is 2.33. The summed E-state index contributed by atoms with van der Waals surface area (Å²) in [6, 6.07) is 15.6. The first-order valence-corrected chi connectivity index (χ1v) is 8.97. The second-order valence-electron chi connectivity index (χ2n) is 6.88. The number of fused-ring (bicyclic) bond motifs is 5. The molecule has 1 N–H and O–H groups in total. The van der Waals surface area contributed by atoms with Crippen molar-refractivity contribution < 1.29 is 14.7 Å². The first-order chi connectivity index (χ1) is 13.2. The lowest BCUT2D eigenvalue weighted by molar-refractivity contribution is 0.0994. The molecule has 2 aromatic rings. The van der Waals surface area contributed by atoms with E-state index in [4.69, 9.17) is 9.72 Å². The van der Waals surface area contributed by atoms with Crippen LogP contribution in [-0.2, 0) is 12.8 Å². The van der Waals surface area contributed by atoms with Crippen LogP contribution in [-0.4, -0.2) is 27.8 Å². The summed E-state index contributed by atoms with van der Waals surface area (Å²) in [5.41, 5.74) is 5.47. The van der Waals surface area contributed by atoms with E-state index < -0.39 is 0 Å². The number of ketones is 1. The molecular formula is C22H18N2O3. The number of nitrogens with zero attached hydrogens (tertiary/aromatic N) is 2. The Balaban J connectivity index is 1.76. The maximum Gasteiger partial charge on any atom is 0.165 e. The predicted octanol–water partition coefficient (Wildman–Crippen LogP) is 4.11. The first-order valence-electron chi connectivity index (χ1n) is 8.97. The molecule has 5 heteroatoms. The average Bonchev–Trinajstić information content (AvgIpc) is 3.26. The van der Waals surface area contributed by atoms with Crippen molar-refractivity contribution in [2.24, 2.45) is 0 Å². The average molecular weight is 358 g/mol. The van der Waals surface area contributed by atoms with E-state index in [-0.39, 0.29) is 5.78 Å². The number of hydrogen-bond acceptors (Lipinski definition) is 4. The Morgan fingerprint density at radius 2 is 1.85 bits per heavy atom. The van der Waals surface area contributed by atoms with Crippen LogP contribution in [0, 0.1) is 0 Å². The SMILES string of the molecule is COc1ccc(Cc2c3nc4ccccc4c-3c3c(n2O)CCC3=O)cc1. The van der Waals surface area contributed by atoms with Gasteiger partial charge in [0.05, 0.1) is 35.3 Å². The highest BCUT2D eigenvalue weighted by atomic mass is 16.5. The molecule has 2 heterocycles. The smallest absolute Gasteiger partial charge is 0.165 e. The zero-order valence-corrected chi connectivity index (χ0v) is 14.9. The Bertz CT molecular complexity index is 1160. The van der Waals surface area contributed by atoms with Crippen molar-refractivity contribution in [2.45, 2.75) is 19.3 Å². The molecule has 0 unspecified atom stereocenters. The number of benzene rings is 2. The van der Waals surface area contributed by atoms with Gasteiger partial charge in [-0.25, -0.2) is 4.98 Å². The van der Waals surface area contributed by atoms with E-state index in [1.54, 1.807) is 7.11 Å². The molecule has 5 nitrogen and oxygen atoms in total. The maximum atomic E-state index is 12.5. The van der Waals surface area contributed by atoms with Gasteiger partial charge in [-0.2, -0.15) is 4.73 Å². The van der Waals surface area contributed by atoms with E-state index in [1.165, 1.54) is 4.73 Å². The third-order valence-electron chi connectivity index (χ3n) is 5.36. The summed E-state index contributed by atoms with van der Waals surface area (Å²) < 4.78 is 6.41. The molecule has 134 valence electrons. The number of carbonyl (C=O) groups is 1. The number of aromatic nitrogens is 2. The van der Waals surface area contributed by atoms with Crippen LogP contribution in [0.4, 0.5) is 0 Å². The Morgan fingerprint density at radius 3 is 2.63 bits per heavy atom. The largest absolute Gasteiger partial charge is 0.497 e. The molecule has 0 spiro atoms. The van der Waals surface area contributed by atoms with Gasteiger partial charge >= 0.3 is 0 Å². The van der Waals surface area contributed by atoms with E-state index >= 15 is 0 Å². The topological polar surface area (TPSA) is 64.3 Å². The van der Waals surface area contributed by atoms with Crippen molar-refractivity contribution >= 4 is 16.7 Å². The number of methoxy groups -OCH3 is 1. The second-order valence-corrected chi connectivity index (χ2v) is 6.88. The van der Waals surface area contributed by atoms with Crippen molar-refractivity contribution in [3.63, 3.8) is 0 Å². The molecule has 0 atom stereocenters. The molecule has 5 rings (SSSR count). The summed E-state index contributed by atoms with van der Waals surface area (Å²) in [5, 5.41) is 11.9. The minimum Gasteiger partial charge on any atom is -0.497 e. The third kappa shape index (κ3) is 2.31. The number of para-hydroxylation sites is 1. The molecule has 1 aliphatic carbocycles. The summed E-state index contributed by atoms with van der Waals surface area (Å²) >= 11 is 0. The van der Waals surface area contributed by atoms with Gasteiger partial charge in [0.2, 0.25) is 0 Å². The molecule has 27 heavy (non-hydrogen) atoms. The van der Waals surface area contributed by atoms with Crippen LogP contribution >= 0.6 is 0 Å². The molecule has 2 aliphatic heterocycles. The van der Waals surface area contributed by atoms with Crippen LogP contribution in [0.2, 0.25) is 0 Å². The molecule has 0 aromatic heterocycles. The molecule has 0 radical (unpaired) electrons. The third-order valence-corrected chi connectivity index (χ3v) is 5.36.